The summed E-state index contributed by atoms with van der Waals surface area (Å²) in [5.41, 5.74) is 12.5. The third kappa shape index (κ3) is 16.2. The van der Waals surface area contributed by atoms with Gasteiger partial charge in [0.05, 0.1) is 22.2 Å². The van der Waals surface area contributed by atoms with Crippen molar-refractivity contribution in [1.82, 2.24) is 20.5 Å². The maximum atomic E-state index is 13.9. The number of amides is 3. The van der Waals surface area contributed by atoms with Gasteiger partial charge < -0.3 is 30.1 Å². The van der Waals surface area contributed by atoms with Gasteiger partial charge in [0, 0.05) is 63.8 Å². The second kappa shape index (κ2) is 24.0. The van der Waals surface area contributed by atoms with E-state index in [1.165, 1.54) is 4.90 Å². The summed E-state index contributed by atoms with van der Waals surface area (Å²) in [5.74, 6) is -0.891. The average molecular weight is 756 g/mol. The molecule has 1 aliphatic heterocycles. The van der Waals surface area contributed by atoms with Crippen LogP contribution in [0.25, 0.3) is 20.9 Å². The number of nitrogens with zero attached hydrogens (tertiary/aromatic N) is 5. The van der Waals surface area contributed by atoms with Gasteiger partial charge in [0.1, 0.15) is 12.1 Å². The van der Waals surface area contributed by atoms with E-state index in [-0.39, 0.29) is 30.7 Å². The minimum atomic E-state index is -0.839. The molecule has 0 aliphatic carbocycles. The van der Waals surface area contributed by atoms with E-state index in [0.717, 1.165) is 92.7 Å². The zero-order valence-corrected chi connectivity index (χ0v) is 33.0. The van der Waals surface area contributed by atoms with Crippen LogP contribution in [-0.4, -0.2) is 90.4 Å². The summed E-state index contributed by atoms with van der Waals surface area (Å²) in [7, 11) is 0. The molecule has 1 aliphatic rings. The summed E-state index contributed by atoms with van der Waals surface area (Å²) in [4.78, 5) is 49.8. The van der Waals surface area contributed by atoms with Crippen LogP contribution in [0.3, 0.4) is 0 Å². The van der Waals surface area contributed by atoms with Gasteiger partial charge in [-0.15, -0.1) is 11.3 Å². The molecular weight excluding hydrogens is 695 g/mol. The number of hydrogen-bond donors (Lipinski definition) is 3. The Bertz CT molecular complexity index is 1440. The van der Waals surface area contributed by atoms with Crippen LogP contribution in [0, 0.1) is 12.3 Å². The lowest BCUT2D eigenvalue weighted by Gasteiger charge is -2.35. The SMILES string of the molecule is Cc1ncsc1-c1ccc(CNC(=O)[C@@H]2C[C@@H](O)CN2C(=O)[C@@H](NC(=O)CCCCCOCCCCCOCCCCCCN=[N+]=[N-])C(C)(C)C)cc1. The first-order valence-electron chi connectivity index (χ1n) is 19.2. The van der Waals surface area contributed by atoms with Crippen molar-refractivity contribution in [2.24, 2.45) is 10.5 Å². The summed E-state index contributed by atoms with van der Waals surface area (Å²) in [5, 5.41) is 19.9. The van der Waals surface area contributed by atoms with E-state index < -0.39 is 23.6 Å². The number of aliphatic hydroxyl groups is 1. The van der Waals surface area contributed by atoms with Crippen molar-refractivity contribution in [3.8, 4) is 10.4 Å². The van der Waals surface area contributed by atoms with Crippen molar-refractivity contribution in [1.29, 1.82) is 0 Å². The molecule has 13 nitrogen and oxygen atoms in total. The highest BCUT2D eigenvalue weighted by atomic mass is 32.1. The summed E-state index contributed by atoms with van der Waals surface area (Å²) in [6.45, 7) is 11.5. The molecule has 53 heavy (non-hydrogen) atoms. The molecule has 0 spiro atoms. The normalized spacial score (nSPS) is 16.3. The number of ether oxygens (including phenoxy) is 2. The fraction of sp³-hybridized carbons (Fsp3) is 0.692. The van der Waals surface area contributed by atoms with Crippen molar-refractivity contribution in [2.45, 2.75) is 129 Å². The number of aromatic nitrogens is 1. The molecule has 1 saturated heterocycles. The topological polar surface area (TPSA) is 179 Å². The molecule has 3 rings (SSSR count). The third-order valence-corrected chi connectivity index (χ3v) is 10.3. The van der Waals surface area contributed by atoms with E-state index in [0.29, 0.717) is 39.1 Å². The number of aryl methyl sites for hydroxylation is 1. The quantitative estimate of drug-likeness (QED) is 0.0429. The molecule has 1 aromatic heterocycles. The third-order valence-electron chi connectivity index (χ3n) is 9.34. The highest BCUT2D eigenvalue weighted by Gasteiger charge is 2.44. The number of rotatable bonds is 25. The van der Waals surface area contributed by atoms with Gasteiger partial charge in [-0.3, -0.25) is 14.4 Å². The van der Waals surface area contributed by atoms with Crippen LogP contribution in [0.4, 0.5) is 0 Å². The molecule has 2 aromatic rings. The first-order valence-corrected chi connectivity index (χ1v) is 20.1. The van der Waals surface area contributed by atoms with Crippen LogP contribution in [0.2, 0.25) is 0 Å². The minimum Gasteiger partial charge on any atom is -0.391 e. The second-order valence-electron chi connectivity index (χ2n) is 14.9. The Kier molecular flexibility index (Phi) is 19.8. The summed E-state index contributed by atoms with van der Waals surface area (Å²) in [6, 6.07) is 6.27. The molecular formula is C39H61N7O6S. The van der Waals surface area contributed by atoms with Gasteiger partial charge in [-0.1, -0.05) is 69.4 Å². The van der Waals surface area contributed by atoms with E-state index in [1.807, 2.05) is 57.5 Å². The first-order chi connectivity index (χ1) is 25.5. The van der Waals surface area contributed by atoms with Gasteiger partial charge in [0.25, 0.3) is 0 Å². The largest absolute Gasteiger partial charge is 0.391 e. The molecule has 1 fully saturated rings. The van der Waals surface area contributed by atoms with Crippen molar-refractivity contribution < 1.29 is 29.0 Å². The second-order valence-corrected chi connectivity index (χ2v) is 15.8. The van der Waals surface area contributed by atoms with Crippen LogP contribution in [0.1, 0.15) is 109 Å². The lowest BCUT2D eigenvalue weighted by Crippen LogP contribution is -2.57. The predicted molar refractivity (Wildman–Crippen MR) is 208 cm³/mol. The van der Waals surface area contributed by atoms with Gasteiger partial charge in [-0.25, -0.2) is 4.98 Å². The number of thiazole rings is 1. The zero-order chi connectivity index (χ0) is 38.5. The fourth-order valence-electron chi connectivity index (χ4n) is 6.25. The highest BCUT2D eigenvalue weighted by Crippen LogP contribution is 2.28. The number of unbranched alkanes of at least 4 members (excludes halogenated alkanes) is 7. The number of aliphatic hydroxyl groups excluding tert-OH is 1. The monoisotopic (exact) mass is 755 g/mol. The van der Waals surface area contributed by atoms with Crippen molar-refractivity contribution in [3.05, 3.63) is 51.5 Å². The number of nitrogens with one attached hydrogen (secondary N) is 2. The maximum Gasteiger partial charge on any atom is 0.246 e. The summed E-state index contributed by atoms with van der Waals surface area (Å²) >= 11 is 1.59. The molecule has 3 N–H and O–H groups in total. The van der Waals surface area contributed by atoms with Crippen LogP contribution >= 0.6 is 11.3 Å². The number of carbonyl (C=O) groups excluding carboxylic acids is 3. The molecule has 14 heteroatoms. The van der Waals surface area contributed by atoms with Crippen LogP contribution in [-0.2, 0) is 30.4 Å². The molecule has 3 atom stereocenters. The van der Waals surface area contributed by atoms with Gasteiger partial charge in [0.15, 0.2) is 0 Å². The van der Waals surface area contributed by atoms with E-state index in [2.05, 4.69) is 25.6 Å². The number of carbonyl (C=O) groups is 3. The molecule has 2 heterocycles. The Morgan fingerprint density at radius 3 is 2.17 bits per heavy atom. The van der Waals surface area contributed by atoms with Crippen LogP contribution < -0.4 is 10.6 Å². The van der Waals surface area contributed by atoms with Crippen molar-refractivity contribution >= 4 is 29.1 Å². The Hall–Kier alpha value is -3.55. The Morgan fingerprint density at radius 2 is 1.58 bits per heavy atom. The van der Waals surface area contributed by atoms with Gasteiger partial charge >= 0.3 is 0 Å². The van der Waals surface area contributed by atoms with Crippen LogP contribution in [0.15, 0.2) is 34.9 Å². The Labute approximate surface area is 319 Å². The molecule has 0 radical (unpaired) electrons. The number of hydrogen-bond acceptors (Lipinski definition) is 9. The number of benzene rings is 1. The number of β-amino-alcohol motifs (C(OH)–C–C–N with tert-alkyl or cyclic N) is 1. The predicted octanol–water partition coefficient (Wildman–Crippen LogP) is 6.86. The van der Waals surface area contributed by atoms with E-state index >= 15 is 0 Å². The van der Waals surface area contributed by atoms with E-state index in [9.17, 15) is 19.5 Å². The lowest BCUT2D eigenvalue weighted by molar-refractivity contribution is -0.144. The van der Waals surface area contributed by atoms with Crippen molar-refractivity contribution in [3.63, 3.8) is 0 Å². The Morgan fingerprint density at radius 1 is 0.981 bits per heavy atom. The summed E-state index contributed by atoms with van der Waals surface area (Å²) in [6.07, 6.45) is 9.20. The minimum absolute atomic E-state index is 0.0408. The fourth-order valence-corrected chi connectivity index (χ4v) is 7.07. The maximum absolute atomic E-state index is 13.9. The van der Waals surface area contributed by atoms with Gasteiger partial charge in [0.2, 0.25) is 17.7 Å². The first kappa shape index (κ1) is 43.9. The molecule has 0 saturated carbocycles. The number of azide groups is 1. The Balaban J connectivity index is 1.30. The highest BCUT2D eigenvalue weighted by molar-refractivity contribution is 7.13. The van der Waals surface area contributed by atoms with Gasteiger partial charge in [-0.2, -0.15) is 0 Å². The number of likely N-dealkylation sites (tertiary alicyclic amines) is 1. The van der Waals surface area contributed by atoms with Crippen molar-refractivity contribution in [2.75, 3.05) is 39.5 Å². The molecule has 1 aromatic carbocycles. The zero-order valence-electron chi connectivity index (χ0n) is 32.2. The van der Waals surface area contributed by atoms with Crippen LogP contribution in [0.5, 0.6) is 0 Å². The standard InChI is InChI=1S/C39H61N7O6S/c1-29-35(53-28-42-29)31-18-16-30(17-19-31)26-41-37(49)33-25-32(47)27-46(33)38(50)36(39(2,3)4)44-34(48)15-9-7-12-22-52-24-14-8-13-23-51-21-11-6-5-10-20-43-45-40/h16-19,28,32-33,36,47H,5-15,20-27H2,1-4H3,(H,41,49)(H,44,48)/t32-,33+,36-/m1/s1. The molecule has 0 unspecified atom stereocenters. The molecule has 294 valence electrons. The summed E-state index contributed by atoms with van der Waals surface area (Å²) < 4.78 is 11.4. The molecule has 3 amide bonds. The molecule has 0 bridgehead atoms. The smallest absolute Gasteiger partial charge is 0.246 e. The van der Waals surface area contributed by atoms with Gasteiger partial charge in [-0.05, 0) is 73.9 Å². The van der Waals surface area contributed by atoms with E-state index in [1.54, 1.807) is 11.3 Å². The van der Waals surface area contributed by atoms with E-state index in [4.69, 9.17) is 15.0 Å². The average Bonchev–Trinajstić information content (AvgIpc) is 3.75. The lowest BCUT2D eigenvalue weighted by atomic mass is 9.85.